The van der Waals surface area contributed by atoms with Crippen molar-refractivity contribution in [2.45, 2.75) is 33.6 Å². The van der Waals surface area contributed by atoms with Crippen LogP contribution in [0, 0.1) is 23.7 Å². The van der Waals surface area contributed by atoms with E-state index in [0.717, 1.165) is 0 Å². The quantitative estimate of drug-likeness (QED) is 0.578. The maximum Gasteiger partial charge on any atom is 0.332 e. The van der Waals surface area contributed by atoms with E-state index in [0.29, 0.717) is 0 Å². The minimum Gasteiger partial charge on any atom is -0.478 e. The van der Waals surface area contributed by atoms with Gasteiger partial charge in [-0.25, -0.2) is 4.79 Å². The molecular formula is C13H14O3. The standard InChI is InChI=1S/C13H14O3/c1-4-6-8-11(10(3)14)12(13(15)16)9-7-5-2/h8-9H2,1-3H3,(H,15,16). The summed E-state index contributed by atoms with van der Waals surface area (Å²) in [4.78, 5) is 22.3. The number of hydrogen-bond donors (Lipinski definition) is 1. The predicted octanol–water partition coefficient (Wildman–Crippen LogP) is 1.78. The van der Waals surface area contributed by atoms with Crippen LogP contribution in [0.5, 0.6) is 0 Å². The topological polar surface area (TPSA) is 54.4 Å². The zero-order valence-electron chi connectivity index (χ0n) is 9.68. The molecule has 0 aliphatic rings. The number of carboxylic acids is 1. The van der Waals surface area contributed by atoms with E-state index < -0.39 is 5.97 Å². The third-order valence-corrected chi connectivity index (χ3v) is 1.93. The molecule has 3 nitrogen and oxygen atoms in total. The molecule has 0 saturated heterocycles. The van der Waals surface area contributed by atoms with Gasteiger partial charge in [0.1, 0.15) is 0 Å². The van der Waals surface area contributed by atoms with Gasteiger partial charge in [0.2, 0.25) is 0 Å². The summed E-state index contributed by atoms with van der Waals surface area (Å²) in [6.07, 6.45) is 0.241. The highest BCUT2D eigenvalue weighted by Gasteiger charge is 2.16. The van der Waals surface area contributed by atoms with Crippen molar-refractivity contribution in [1.29, 1.82) is 0 Å². The third kappa shape index (κ3) is 4.48. The van der Waals surface area contributed by atoms with Crippen molar-refractivity contribution in [3.05, 3.63) is 11.1 Å². The minimum atomic E-state index is -1.11. The number of Topliss-reactive ketones (excluding diaryl/α,β-unsaturated/α-hetero) is 1. The SMILES string of the molecule is CC#CCC(C(C)=O)=C(CC#CC)C(=O)O. The minimum absolute atomic E-state index is 0.0459. The average molecular weight is 218 g/mol. The molecule has 0 unspecified atom stereocenters. The molecule has 0 saturated carbocycles. The lowest BCUT2D eigenvalue weighted by Gasteiger charge is -2.04. The second-order valence-electron chi connectivity index (χ2n) is 3.03. The Balaban J connectivity index is 5.36. The molecule has 0 aliphatic heterocycles. The van der Waals surface area contributed by atoms with Crippen molar-refractivity contribution in [2.24, 2.45) is 0 Å². The van der Waals surface area contributed by atoms with Crippen molar-refractivity contribution in [2.75, 3.05) is 0 Å². The first-order chi connectivity index (χ1) is 7.54. The molecule has 3 heteroatoms. The summed E-state index contributed by atoms with van der Waals surface area (Å²) in [5.74, 6) is 9.23. The molecule has 0 atom stereocenters. The summed E-state index contributed by atoms with van der Waals surface area (Å²) < 4.78 is 0. The highest BCUT2D eigenvalue weighted by Crippen LogP contribution is 2.13. The van der Waals surface area contributed by atoms with Crippen LogP contribution in [0.1, 0.15) is 33.6 Å². The van der Waals surface area contributed by atoms with E-state index in [2.05, 4.69) is 23.7 Å². The zero-order chi connectivity index (χ0) is 12.6. The van der Waals surface area contributed by atoms with E-state index in [-0.39, 0.29) is 29.8 Å². The van der Waals surface area contributed by atoms with Gasteiger partial charge < -0.3 is 5.11 Å². The summed E-state index contributed by atoms with van der Waals surface area (Å²) >= 11 is 0. The highest BCUT2D eigenvalue weighted by molar-refractivity contribution is 6.02. The third-order valence-electron chi connectivity index (χ3n) is 1.93. The molecule has 0 aromatic carbocycles. The van der Waals surface area contributed by atoms with Crippen LogP contribution in [0.15, 0.2) is 11.1 Å². The maximum absolute atomic E-state index is 11.3. The Morgan fingerprint density at radius 2 is 1.44 bits per heavy atom. The van der Waals surface area contributed by atoms with Crippen LogP contribution in [0.3, 0.4) is 0 Å². The lowest BCUT2D eigenvalue weighted by molar-refractivity contribution is -0.133. The van der Waals surface area contributed by atoms with Gasteiger partial charge in [-0.3, -0.25) is 4.79 Å². The zero-order valence-corrected chi connectivity index (χ0v) is 9.68. The summed E-state index contributed by atoms with van der Waals surface area (Å²) in [7, 11) is 0. The fourth-order valence-corrected chi connectivity index (χ4v) is 1.11. The molecule has 0 bridgehead atoms. The Bertz CT molecular complexity index is 391. The maximum atomic E-state index is 11.3. The monoisotopic (exact) mass is 218 g/mol. The highest BCUT2D eigenvalue weighted by atomic mass is 16.4. The van der Waals surface area contributed by atoms with E-state index in [1.54, 1.807) is 13.8 Å². The van der Waals surface area contributed by atoms with E-state index in [9.17, 15) is 9.59 Å². The van der Waals surface area contributed by atoms with Crippen molar-refractivity contribution in [3.8, 4) is 23.7 Å². The molecular weight excluding hydrogens is 204 g/mol. The van der Waals surface area contributed by atoms with Crippen molar-refractivity contribution in [1.82, 2.24) is 0 Å². The first-order valence-electron chi connectivity index (χ1n) is 4.80. The normalized spacial score (nSPS) is 10.2. The van der Waals surface area contributed by atoms with Crippen LogP contribution < -0.4 is 0 Å². The summed E-state index contributed by atoms with van der Waals surface area (Å²) in [5, 5.41) is 8.99. The number of aliphatic carboxylic acids is 1. The first kappa shape index (κ1) is 14.0. The number of carbonyl (C=O) groups is 2. The summed E-state index contributed by atoms with van der Waals surface area (Å²) in [5.41, 5.74) is 0.286. The summed E-state index contributed by atoms with van der Waals surface area (Å²) in [6.45, 7) is 4.61. The van der Waals surface area contributed by atoms with E-state index >= 15 is 0 Å². The second-order valence-corrected chi connectivity index (χ2v) is 3.03. The molecule has 16 heavy (non-hydrogen) atoms. The van der Waals surface area contributed by atoms with Crippen molar-refractivity contribution >= 4 is 11.8 Å². The van der Waals surface area contributed by atoms with Gasteiger partial charge in [-0.1, -0.05) is 11.8 Å². The van der Waals surface area contributed by atoms with Crippen molar-refractivity contribution < 1.29 is 14.7 Å². The van der Waals surface area contributed by atoms with Gasteiger partial charge in [0, 0.05) is 18.4 Å². The van der Waals surface area contributed by atoms with Gasteiger partial charge in [0.25, 0.3) is 0 Å². The lowest BCUT2D eigenvalue weighted by Crippen LogP contribution is -2.09. The van der Waals surface area contributed by atoms with Crippen LogP contribution >= 0.6 is 0 Å². The molecule has 0 aromatic rings. The second kappa shape index (κ2) is 7.31. The number of allylic oxidation sites excluding steroid dienone is 1. The molecule has 0 aliphatic carbocycles. The van der Waals surface area contributed by atoms with E-state index in [1.807, 2.05) is 0 Å². The van der Waals surface area contributed by atoms with Crippen LogP contribution in [0.4, 0.5) is 0 Å². The Kier molecular flexibility index (Phi) is 6.40. The van der Waals surface area contributed by atoms with E-state index in [1.165, 1.54) is 6.92 Å². The molecule has 0 aromatic heterocycles. The Hall–Kier alpha value is -2.00. The number of hydrogen-bond acceptors (Lipinski definition) is 2. The summed E-state index contributed by atoms with van der Waals surface area (Å²) in [6, 6.07) is 0. The number of ketones is 1. The Morgan fingerprint density at radius 1 is 1.00 bits per heavy atom. The molecule has 0 fully saturated rings. The predicted molar refractivity (Wildman–Crippen MR) is 61.5 cm³/mol. The van der Waals surface area contributed by atoms with Crippen LogP contribution in [0.25, 0.3) is 0 Å². The molecule has 0 heterocycles. The molecule has 0 rings (SSSR count). The molecule has 84 valence electrons. The molecule has 0 spiro atoms. The fraction of sp³-hybridized carbons (Fsp3) is 0.385. The Labute approximate surface area is 95.5 Å². The number of carbonyl (C=O) groups excluding carboxylic acids is 1. The number of rotatable bonds is 4. The van der Waals surface area contributed by atoms with E-state index in [4.69, 9.17) is 5.11 Å². The van der Waals surface area contributed by atoms with Crippen LogP contribution in [-0.2, 0) is 9.59 Å². The Morgan fingerprint density at radius 3 is 1.75 bits per heavy atom. The lowest BCUT2D eigenvalue weighted by atomic mass is 9.99. The first-order valence-corrected chi connectivity index (χ1v) is 4.80. The van der Waals surface area contributed by atoms with Gasteiger partial charge in [-0.2, -0.15) is 0 Å². The van der Waals surface area contributed by atoms with Gasteiger partial charge in [-0.05, 0) is 20.8 Å². The van der Waals surface area contributed by atoms with Gasteiger partial charge in [0.05, 0.1) is 5.57 Å². The number of carboxylic acid groups (broad SMARTS) is 1. The fourth-order valence-electron chi connectivity index (χ4n) is 1.11. The van der Waals surface area contributed by atoms with Crippen LogP contribution in [-0.4, -0.2) is 16.9 Å². The molecule has 0 amide bonds. The average Bonchev–Trinajstić information content (AvgIpc) is 2.21. The molecule has 0 radical (unpaired) electrons. The van der Waals surface area contributed by atoms with Crippen LogP contribution in [0.2, 0.25) is 0 Å². The van der Waals surface area contributed by atoms with Crippen molar-refractivity contribution in [3.63, 3.8) is 0 Å². The van der Waals surface area contributed by atoms with Gasteiger partial charge in [0.15, 0.2) is 5.78 Å². The largest absolute Gasteiger partial charge is 0.478 e. The smallest absolute Gasteiger partial charge is 0.332 e. The van der Waals surface area contributed by atoms with Gasteiger partial charge >= 0.3 is 5.97 Å². The van der Waals surface area contributed by atoms with Gasteiger partial charge in [-0.15, -0.1) is 11.8 Å². The molecule has 1 N–H and O–H groups in total.